The van der Waals surface area contributed by atoms with Crippen LogP contribution < -0.4 is 10.1 Å². The molecule has 0 saturated heterocycles. The minimum absolute atomic E-state index is 0.412. The van der Waals surface area contributed by atoms with E-state index >= 15 is 0 Å². The quantitative estimate of drug-likeness (QED) is 0.812. The molecule has 0 aromatic heterocycles. The van der Waals surface area contributed by atoms with Crippen LogP contribution in [0, 0.1) is 13.8 Å². The van der Waals surface area contributed by atoms with Gasteiger partial charge in [0.2, 0.25) is 0 Å². The van der Waals surface area contributed by atoms with E-state index in [9.17, 15) is 9.59 Å². The van der Waals surface area contributed by atoms with Gasteiger partial charge in [0.25, 0.3) is 5.91 Å². The van der Waals surface area contributed by atoms with E-state index in [4.69, 9.17) is 21.1 Å². The lowest BCUT2D eigenvalue weighted by molar-refractivity contribution is -0.123. The fourth-order valence-corrected chi connectivity index (χ4v) is 2.42. The number of hydrogen-bond donors (Lipinski definition) is 1. The van der Waals surface area contributed by atoms with Crippen LogP contribution in [-0.4, -0.2) is 25.1 Å². The third-order valence-electron chi connectivity index (χ3n) is 3.69. The van der Waals surface area contributed by atoms with Gasteiger partial charge in [-0.15, -0.1) is 0 Å². The van der Waals surface area contributed by atoms with E-state index in [1.165, 1.54) is 14.0 Å². The summed E-state index contributed by atoms with van der Waals surface area (Å²) in [5.74, 6) is -0.549. The molecule has 0 fully saturated rings. The molecule has 1 atom stereocenters. The first-order valence-electron chi connectivity index (χ1n) is 7.74. The zero-order valence-corrected chi connectivity index (χ0v) is 15.3. The molecule has 0 aliphatic heterocycles. The first-order valence-corrected chi connectivity index (χ1v) is 8.12. The molecule has 2 rings (SSSR count). The van der Waals surface area contributed by atoms with E-state index in [1.807, 2.05) is 26.0 Å². The van der Waals surface area contributed by atoms with E-state index in [0.717, 1.165) is 11.1 Å². The second kappa shape index (κ2) is 8.03. The van der Waals surface area contributed by atoms with Crippen LogP contribution in [0.5, 0.6) is 5.75 Å². The molecule has 0 spiro atoms. The first-order chi connectivity index (χ1) is 11.8. The number of nitrogens with one attached hydrogen (secondary N) is 1. The Morgan fingerprint density at radius 1 is 1.12 bits per heavy atom. The van der Waals surface area contributed by atoms with Gasteiger partial charge in [-0.1, -0.05) is 29.3 Å². The van der Waals surface area contributed by atoms with Crippen molar-refractivity contribution in [3.8, 4) is 5.75 Å². The molecule has 0 unspecified atom stereocenters. The highest BCUT2D eigenvalue weighted by molar-refractivity contribution is 6.31. The van der Waals surface area contributed by atoms with Gasteiger partial charge in [-0.3, -0.25) is 4.79 Å². The summed E-state index contributed by atoms with van der Waals surface area (Å²) in [5, 5.41) is 3.11. The number of anilines is 1. The monoisotopic (exact) mass is 361 g/mol. The predicted octanol–water partition coefficient (Wildman–Crippen LogP) is 4.15. The summed E-state index contributed by atoms with van der Waals surface area (Å²) in [6.45, 7) is 5.21. The summed E-state index contributed by atoms with van der Waals surface area (Å²) in [6, 6.07) is 10.4. The smallest absolute Gasteiger partial charge is 0.339 e. The summed E-state index contributed by atoms with van der Waals surface area (Å²) < 4.78 is 10.5. The second-order valence-electron chi connectivity index (χ2n) is 5.70. The number of benzene rings is 2. The Bertz CT molecular complexity index is 804. The molecule has 1 N–H and O–H groups in total. The van der Waals surface area contributed by atoms with Crippen molar-refractivity contribution in [1.29, 1.82) is 0 Å². The van der Waals surface area contributed by atoms with E-state index in [1.54, 1.807) is 24.3 Å². The maximum absolute atomic E-state index is 12.3. The molecule has 0 aliphatic carbocycles. The summed E-state index contributed by atoms with van der Waals surface area (Å²) in [4.78, 5) is 24.6. The van der Waals surface area contributed by atoms with Gasteiger partial charge >= 0.3 is 5.97 Å². The topological polar surface area (TPSA) is 64.6 Å². The number of ether oxygens (including phenoxy) is 2. The van der Waals surface area contributed by atoms with Crippen molar-refractivity contribution in [3.05, 3.63) is 58.1 Å². The Labute approximate surface area is 151 Å². The van der Waals surface area contributed by atoms with Crippen molar-refractivity contribution in [1.82, 2.24) is 0 Å². The average molecular weight is 362 g/mol. The lowest BCUT2D eigenvalue weighted by Crippen LogP contribution is -2.30. The molecular weight excluding hydrogens is 342 g/mol. The van der Waals surface area contributed by atoms with Gasteiger partial charge in [-0.2, -0.15) is 0 Å². The second-order valence-corrected chi connectivity index (χ2v) is 6.14. The Morgan fingerprint density at radius 2 is 1.84 bits per heavy atom. The molecular formula is C19H20ClNO4. The van der Waals surface area contributed by atoms with Gasteiger partial charge in [0.1, 0.15) is 5.75 Å². The molecule has 0 heterocycles. The first kappa shape index (κ1) is 18.8. The van der Waals surface area contributed by atoms with Gasteiger partial charge in [0.15, 0.2) is 6.10 Å². The van der Waals surface area contributed by atoms with Crippen molar-refractivity contribution in [2.75, 3.05) is 12.4 Å². The molecule has 2 aromatic carbocycles. The van der Waals surface area contributed by atoms with Gasteiger partial charge in [0.05, 0.1) is 18.4 Å². The molecule has 6 heteroatoms. The van der Waals surface area contributed by atoms with Gasteiger partial charge < -0.3 is 14.8 Å². The highest BCUT2D eigenvalue weighted by Crippen LogP contribution is 2.28. The van der Waals surface area contributed by atoms with Crippen LogP contribution in [0.2, 0.25) is 5.02 Å². The molecule has 0 aliphatic rings. The van der Waals surface area contributed by atoms with E-state index in [2.05, 4.69) is 5.32 Å². The van der Waals surface area contributed by atoms with Gasteiger partial charge in [-0.25, -0.2) is 4.79 Å². The molecule has 25 heavy (non-hydrogen) atoms. The Kier molecular flexibility index (Phi) is 6.04. The zero-order valence-electron chi connectivity index (χ0n) is 14.6. The minimum atomic E-state index is -0.976. The molecule has 0 radical (unpaired) electrons. The molecule has 5 nitrogen and oxygen atoms in total. The van der Waals surface area contributed by atoms with E-state index in [0.29, 0.717) is 22.0 Å². The van der Waals surface area contributed by atoms with Gasteiger partial charge in [-0.05, 0) is 50.6 Å². The van der Waals surface area contributed by atoms with Crippen molar-refractivity contribution < 1.29 is 19.1 Å². The lowest BCUT2D eigenvalue weighted by Gasteiger charge is -2.16. The number of amides is 1. The van der Waals surface area contributed by atoms with Crippen LogP contribution in [0.4, 0.5) is 5.69 Å². The van der Waals surface area contributed by atoms with Gasteiger partial charge in [0, 0.05) is 5.02 Å². The SMILES string of the molecule is COc1ccc(Cl)cc1NC(=O)[C@@H](C)OC(=O)c1cc(C)ccc1C. The molecule has 132 valence electrons. The number of aryl methyl sites for hydroxylation is 2. The predicted molar refractivity (Wildman–Crippen MR) is 97.4 cm³/mol. The zero-order chi connectivity index (χ0) is 18.6. The van der Waals surface area contributed by atoms with Crippen LogP contribution in [0.1, 0.15) is 28.4 Å². The summed E-state index contributed by atoms with van der Waals surface area (Å²) in [7, 11) is 1.49. The van der Waals surface area contributed by atoms with Crippen LogP contribution in [0.15, 0.2) is 36.4 Å². The Morgan fingerprint density at radius 3 is 2.52 bits per heavy atom. The molecule has 1 amide bonds. The van der Waals surface area contributed by atoms with E-state index < -0.39 is 18.0 Å². The van der Waals surface area contributed by atoms with E-state index in [-0.39, 0.29) is 0 Å². The summed E-state index contributed by atoms with van der Waals surface area (Å²) in [6.07, 6.45) is -0.976. The van der Waals surface area contributed by atoms with Crippen LogP contribution in [0.25, 0.3) is 0 Å². The lowest BCUT2D eigenvalue weighted by atomic mass is 10.1. The number of rotatable bonds is 5. The maximum Gasteiger partial charge on any atom is 0.339 e. The number of carbonyl (C=O) groups is 2. The molecule has 0 bridgehead atoms. The average Bonchev–Trinajstić information content (AvgIpc) is 2.57. The van der Waals surface area contributed by atoms with Crippen LogP contribution in [0.3, 0.4) is 0 Å². The van der Waals surface area contributed by atoms with Crippen molar-refractivity contribution >= 4 is 29.2 Å². The number of halogens is 1. The summed E-state index contributed by atoms with van der Waals surface area (Å²) >= 11 is 5.94. The highest BCUT2D eigenvalue weighted by atomic mass is 35.5. The normalized spacial score (nSPS) is 11.6. The standard InChI is InChI=1S/C19H20ClNO4/c1-11-5-6-12(2)15(9-11)19(23)25-13(3)18(22)21-16-10-14(20)7-8-17(16)24-4/h5-10,13H,1-4H3,(H,21,22)/t13-/m1/s1. The third-order valence-corrected chi connectivity index (χ3v) is 3.92. The Hall–Kier alpha value is -2.53. The number of hydrogen-bond acceptors (Lipinski definition) is 4. The van der Waals surface area contributed by atoms with Crippen molar-refractivity contribution in [3.63, 3.8) is 0 Å². The largest absolute Gasteiger partial charge is 0.495 e. The Balaban J connectivity index is 2.09. The van der Waals surface area contributed by atoms with Crippen LogP contribution in [-0.2, 0) is 9.53 Å². The number of esters is 1. The fraction of sp³-hybridized carbons (Fsp3) is 0.263. The fourth-order valence-electron chi connectivity index (χ4n) is 2.25. The number of carbonyl (C=O) groups excluding carboxylic acids is 2. The van der Waals surface area contributed by atoms with Crippen molar-refractivity contribution in [2.45, 2.75) is 26.9 Å². The highest BCUT2D eigenvalue weighted by Gasteiger charge is 2.21. The summed E-state index contributed by atoms with van der Waals surface area (Å²) in [5.41, 5.74) is 2.59. The molecule has 2 aromatic rings. The minimum Gasteiger partial charge on any atom is -0.495 e. The van der Waals surface area contributed by atoms with Crippen LogP contribution >= 0.6 is 11.6 Å². The third kappa shape index (κ3) is 4.73. The number of methoxy groups -OCH3 is 1. The van der Waals surface area contributed by atoms with Crippen molar-refractivity contribution in [2.24, 2.45) is 0 Å². The molecule has 0 saturated carbocycles. The maximum atomic E-state index is 12.3.